The smallest absolute Gasteiger partial charge is 0.475 e. The van der Waals surface area contributed by atoms with Gasteiger partial charge in [-0.25, -0.2) is 17.6 Å². The molecule has 1 amide bonds. The molecule has 2 aromatic carbocycles. The Hall–Kier alpha value is -2.55. The maximum absolute atomic E-state index is 13.2. The summed E-state index contributed by atoms with van der Waals surface area (Å²) in [6, 6.07) is 11.9. The Labute approximate surface area is 207 Å². The average molecular weight is 584 g/mol. The molecule has 1 saturated heterocycles. The summed E-state index contributed by atoms with van der Waals surface area (Å²) in [5, 5.41) is 10.3. The van der Waals surface area contributed by atoms with E-state index in [4.69, 9.17) is 9.90 Å². The van der Waals surface area contributed by atoms with Crippen molar-refractivity contribution in [3.05, 3.63) is 64.4 Å². The topological polar surface area (TPSA) is 107 Å². The van der Waals surface area contributed by atoms with Gasteiger partial charge >= 0.3 is 12.1 Å². The number of amides is 1. The molecule has 0 bridgehead atoms. The van der Waals surface area contributed by atoms with Crippen molar-refractivity contribution in [2.75, 3.05) is 32.7 Å². The van der Waals surface area contributed by atoms with E-state index in [1.54, 1.807) is 17.0 Å². The quantitative estimate of drug-likeness (QED) is 0.506. The summed E-state index contributed by atoms with van der Waals surface area (Å²) in [6.07, 6.45) is -5.08. The zero-order valence-corrected chi connectivity index (χ0v) is 20.5. The Bertz CT molecular complexity index is 1110. The van der Waals surface area contributed by atoms with Crippen LogP contribution in [0.4, 0.5) is 17.6 Å². The van der Waals surface area contributed by atoms with E-state index in [0.717, 1.165) is 8.78 Å². The number of halogens is 5. The first-order valence-electron chi connectivity index (χ1n) is 10.1. The van der Waals surface area contributed by atoms with Crippen LogP contribution in [0.5, 0.6) is 0 Å². The van der Waals surface area contributed by atoms with Gasteiger partial charge < -0.3 is 15.3 Å². The number of carbonyl (C=O) groups is 2. The lowest BCUT2D eigenvalue weighted by atomic mass is 10.2. The number of nitrogens with one attached hydrogen (secondary N) is 1. The third-order valence-electron chi connectivity index (χ3n) is 4.75. The van der Waals surface area contributed by atoms with Gasteiger partial charge in [-0.3, -0.25) is 4.79 Å². The number of piperazine rings is 1. The molecule has 0 atom stereocenters. The maximum Gasteiger partial charge on any atom is 0.490 e. The molecule has 1 aliphatic heterocycles. The Morgan fingerprint density at radius 3 is 2.03 bits per heavy atom. The predicted molar refractivity (Wildman–Crippen MR) is 121 cm³/mol. The van der Waals surface area contributed by atoms with Crippen molar-refractivity contribution in [2.24, 2.45) is 0 Å². The van der Waals surface area contributed by atoms with Gasteiger partial charge in [0.15, 0.2) is 0 Å². The predicted octanol–water partition coefficient (Wildman–Crippen LogP) is 2.84. The molecule has 3 rings (SSSR count). The maximum atomic E-state index is 13.2. The average Bonchev–Trinajstić information content (AvgIpc) is 2.80. The minimum absolute atomic E-state index is 0.0174. The fourth-order valence-corrected chi connectivity index (χ4v) is 4.58. The minimum Gasteiger partial charge on any atom is -0.475 e. The fourth-order valence-electron chi connectivity index (χ4n) is 2.94. The zero-order chi connectivity index (χ0) is 26.2. The molecule has 8 nitrogen and oxygen atoms in total. The molecule has 0 radical (unpaired) electrons. The highest BCUT2D eigenvalue weighted by atomic mass is 79.9. The molecular weight excluding hydrogens is 562 g/mol. The standard InChI is InChI=1S/C19H21BrFN3O3S.C2HF3O2/c20-16-3-7-18(8-4-16)28(26,27)24(13-15-1-5-17(21)6-2-15)14-19(25)23-11-9-22-10-12-23;3-2(4,5)1(6)7/h1-8,22H,9-14H2;(H,6,7). The van der Waals surface area contributed by atoms with Gasteiger partial charge in [-0.15, -0.1) is 0 Å². The molecule has 2 N–H and O–H groups in total. The monoisotopic (exact) mass is 583 g/mol. The van der Waals surface area contributed by atoms with Gasteiger partial charge in [-0.05, 0) is 42.0 Å². The van der Waals surface area contributed by atoms with Crippen molar-refractivity contribution in [3.8, 4) is 0 Å². The molecule has 14 heteroatoms. The number of carboxylic acid groups (broad SMARTS) is 1. The number of hydrogen-bond donors (Lipinski definition) is 2. The third kappa shape index (κ3) is 8.87. The number of rotatable bonds is 6. The second-order valence-corrected chi connectivity index (χ2v) is 10.1. The van der Waals surface area contributed by atoms with Crippen LogP contribution in [-0.4, -0.2) is 73.5 Å². The highest BCUT2D eigenvalue weighted by Gasteiger charge is 2.38. The van der Waals surface area contributed by atoms with Gasteiger partial charge in [0.1, 0.15) is 5.82 Å². The lowest BCUT2D eigenvalue weighted by Gasteiger charge is -2.30. The molecule has 0 saturated carbocycles. The number of hydrogen-bond acceptors (Lipinski definition) is 5. The second kappa shape index (κ2) is 12.4. The molecule has 1 aliphatic rings. The van der Waals surface area contributed by atoms with Crippen LogP contribution in [-0.2, 0) is 26.2 Å². The van der Waals surface area contributed by atoms with Crippen molar-refractivity contribution >= 4 is 37.8 Å². The molecule has 2 aromatic rings. The largest absolute Gasteiger partial charge is 0.490 e. The van der Waals surface area contributed by atoms with Gasteiger partial charge in [0.05, 0.1) is 11.4 Å². The number of aliphatic carboxylic acids is 1. The van der Waals surface area contributed by atoms with Gasteiger partial charge in [0, 0.05) is 37.2 Å². The highest BCUT2D eigenvalue weighted by Crippen LogP contribution is 2.21. The van der Waals surface area contributed by atoms with E-state index in [9.17, 15) is 30.8 Å². The third-order valence-corrected chi connectivity index (χ3v) is 7.08. The van der Waals surface area contributed by atoms with Gasteiger partial charge in [0.25, 0.3) is 0 Å². The van der Waals surface area contributed by atoms with E-state index in [2.05, 4.69) is 21.2 Å². The van der Waals surface area contributed by atoms with Gasteiger partial charge in [0.2, 0.25) is 15.9 Å². The first-order chi connectivity index (χ1) is 16.3. The van der Waals surface area contributed by atoms with Crippen molar-refractivity contribution in [1.29, 1.82) is 0 Å². The number of sulfonamides is 1. The summed E-state index contributed by atoms with van der Waals surface area (Å²) >= 11 is 3.29. The number of benzene rings is 2. The molecule has 0 aliphatic carbocycles. The number of alkyl halides is 3. The van der Waals surface area contributed by atoms with Crippen molar-refractivity contribution in [2.45, 2.75) is 17.6 Å². The van der Waals surface area contributed by atoms with Crippen LogP contribution in [0.2, 0.25) is 0 Å². The first-order valence-corrected chi connectivity index (χ1v) is 12.3. The summed E-state index contributed by atoms with van der Waals surface area (Å²) < 4.78 is 73.2. The van der Waals surface area contributed by atoms with E-state index in [-0.39, 0.29) is 23.9 Å². The van der Waals surface area contributed by atoms with Crippen LogP contribution >= 0.6 is 15.9 Å². The van der Waals surface area contributed by atoms with Crippen molar-refractivity contribution < 1.29 is 40.7 Å². The number of nitrogens with zero attached hydrogens (tertiary/aromatic N) is 2. The number of carbonyl (C=O) groups excluding carboxylic acids is 1. The van der Waals surface area contributed by atoms with E-state index >= 15 is 0 Å². The molecule has 0 spiro atoms. The lowest BCUT2D eigenvalue weighted by molar-refractivity contribution is -0.192. The Balaban J connectivity index is 0.000000540. The van der Waals surface area contributed by atoms with Crippen LogP contribution in [0.25, 0.3) is 0 Å². The zero-order valence-electron chi connectivity index (χ0n) is 18.1. The molecule has 35 heavy (non-hydrogen) atoms. The summed E-state index contributed by atoms with van der Waals surface area (Å²) in [6.45, 7) is 2.17. The Morgan fingerprint density at radius 1 is 1.03 bits per heavy atom. The SMILES string of the molecule is O=C(CN(Cc1ccc(F)cc1)S(=O)(=O)c1ccc(Br)cc1)N1CCNCC1.O=C(O)C(F)(F)F. The molecule has 1 fully saturated rings. The van der Waals surface area contributed by atoms with E-state index in [1.807, 2.05) is 0 Å². The van der Waals surface area contributed by atoms with Crippen LogP contribution < -0.4 is 5.32 Å². The fraction of sp³-hybridized carbons (Fsp3) is 0.333. The van der Waals surface area contributed by atoms with Crippen molar-refractivity contribution in [1.82, 2.24) is 14.5 Å². The summed E-state index contributed by atoms with van der Waals surface area (Å²) in [5.74, 6) is -3.40. The summed E-state index contributed by atoms with van der Waals surface area (Å²) in [5.41, 5.74) is 0.607. The lowest BCUT2D eigenvalue weighted by Crippen LogP contribution is -2.50. The second-order valence-electron chi connectivity index (χ2n) is 7.29. The van der Waals surface area contributed by atoms with E-state index < -0.39 is 28.0 Å². The van der Waals surface area contributed by atoms with Gasteiger partial charge in [-0.2, -0.15) is 17.5 Å². The minimum atomic E-state index is -5.08. The molecular formula is C21H22BrF4N3O5S. The summed E-state index contributed by atoms with van der Waals surface area (Å²) in [4.78, 5) is 23.4. The molecule has 0 aromatic heterocycles. The van der Waals surface area contributed by atoms with Gasteiger partial charge in [-0.1, -0.05) is 28.1 Å². The molecule has 0 unspecified atom stereocenters. The number of carboxylic acids is 1. The van der Waals surface area contributed by atoms with Crippen LogP contribution in [0, 0.1) is 5.82 Å². The Kier molecular flexibility index (Phi) is 10.2. The first kappa shape index (κ1) is 28.7. The van der Waals surface area contributed by atoms with E-state index in [0.29, 0.717) is 31.7 Å². The Morgan fingerprint density at radius 2 is 1.54 bits per heavy atom. The normalized spacial score (nSPS) is 14.3. The summed E-state index contributed by atoms with van der Waals surface area (Å²) in [7, 11) is -3.90. The molecule has 1 heterocycles. The van der Waals surface area contributed by atoms with Crippen molar-refractivity contribution in [3.63, 3.8) is 0 Å². The van der Waals surface area contributed by atoms with Crippen LogP contribution in [0.3, 0.4) is 0 Å². The highest BCUT2D eigenvalue weighted by molar-refractivity contribution is 9.10. The molecule has 192 valence electrons. The van der Waals surface area contributed by atoms with E-state index in [1.165, 1.54) is 36.4 Å². The van der Waals surface area contributed by atoms with Crippen LogP contribution in [0.15, 0.2) is 57.9 Å². The van der Waals surface area contributed by atoms with Crippen LogP contribution in [0.1, 0.15) is 5.56 Å².